The van der Waals surface area contributed by atoms with E-state index in [-0.39, 0.29) is 40.7 Å². The number of carbonyl (C=O) groups excluding carboxylic acids is 1. The molecule has 2 fully saturated rings. The van der Waals surface area contributed by atoms with E-state index in [0.717, 1.165) is 24.6 Å². The number of likely N-dealkylation sites (tertiary alicyclic amines) is 1. The zero-order chi connectivity index (χ0) is 28.5. The molecule has 14 heteroatoms. The summed E-state index contributed by atoms with van der Waals surface area (Å²) in [5.74, 6) is -1.20. The van der Waals surface area contributed by atoms with Crippen molar-refractivity contribution in [1.82, 2.24) is 9.80 Å². The molecule has 0 radical (unpaired) electrons. The monoisotopic (exact) mass is 592 g/mol. The molecule has 0 bridgehead atoms. The molecule has 1 amide bonds. The first-order valence-electron chi connectivity index (χ1n) is 11.8. The number of carbonyl (C=O) groups is 2. The van der Waals surface area contributed by atoms with Crippen molar-refractivity contribution in [2.75, 3.05) is 26.2 Å². The van der Waals surface area contributed by atoms with Crippen LogP contribution in [0.1, 0.15) is 36.1 Å². The Hall–Kier alpha value is -2.84. The first-order chi connectivity index (χ1) is 18.2. The van der Waals surface area contributed by atoms with Crippen molar-refractivity contribution < 1.29 is 45.5 Å². The number of nitrogens with zero attached hydrogens (tertiary/aromatic N) is 2. The smallest absolute Gasteiger partial charge is 0.416 e. The maximum Gasteiger partial charge on any atom is 0.416 e. The molecule has 2 saturated heterocycles. The van der Waals surface area contributed by atoms with Gasteiger partial charge < -0.3 is 14.4 Å². The number of hydrogen-bond donors (Lipinski definition) is 1. The zero-order valence-corrected chi connectivity index (χ0v) is 21.8. The summed E-state index contributed by atoms with van der Waals surface area (Å²) in [6.45, 7) is 2.28. The third-order valence-electron chi connectivity index (χ3n) is 6.44. The van der Waals surface area contributed by atoms with Gasteiger partial charge in [-0.05, 0) is 62.2 Å². The first kappa shape index (κ1) is 29.2. The van der Waals surface area contributed by atoms with E-state index in [4.69, 9.17) is 21.7 Å². The molecule has 2 aliphatic rings. The van der Waals surface area contributed by atoms with Gasteiger partial charge >= 0.3 is 18.3 Å². The number of amides is 1. The molecule has 2 aromatic rings. The summed E-state index contributed by atoms with van der Waals surface area (Å²) < 4.78 is 85.1. The van der Waals surface area contributed by atoms with Gasteiger partial charge in [0.2, 0.25) is 0 Å². The van der Waals surface area contributed by atoms with E-state index in [2.05, 4.69) is 4.90 Å². The van der Waals surface area contributed by atoms with Crippen molar-refractivity contribution in [3.05, 3.63) is 52.1 Å². The van der Waals surface area contributed by atoms with Crippen LogP contribution >= 0.6 is 24.0 Å². The van der Waals surface area contributed by atoms with Crippen LogP contribution in [0.15, 0.2) is 39.7 Å². The van der Waals surface area contributed by atoms with Crippen molar-refractivity contribution in [1.29, 1.82) is 0 Å². The number of hydrogen-bond acceptors (Lipinski definition) is 6. The van der Waals surface area contributed by atoms with Gasteiger partial charge in [-0.1, -0.05) is 24.0 Å². The minimum absolute atomic E-state index is 0.0403. The van der Waals surface area contributed by atoms with Crippen LogP contribution in [-0.2, 0) is 21.9 Å². The highest BCUT2D eigenvalue weighted by Crippen LogP contribution is 2.40. The van der Waals surface area contributed by atoms with Crippen LogP contribution in [-0.4, -0.2) is 57.3 Å². The number of piperidine rings is 1. The summed E-state index contributed by atoms with van der Waals surface area (Å²) in [6, 6.07) is 3.77. The molecule has 1 aromatic carbocycles. The molecule has 39 heavy (non-hydrogen) atoms. The molecule has 1 N–H and O–H groups in total. The van der Waals surface area contributed by atoms with Gasteiger partial charge in [-0.25, -0.2) is 0 Å². The second-order valence-corrected chi connectivity index (χ2v) is 10.9. The second kappa shape index (κ2) is 11.3. The van der Waals surface area contributed by atoms with Gasteiger partial charge in [0, 0.05) is 24.7 Å². The van der Waals surface area contributed by atoms with E-state index in [9.17, 15) is 35.9 Å². The lowest BCUT2D eigenvalue weighted by atomic mass is 9.96. The van der Waals surface area contributed by atoms with Crippen LogP contribution in [0.5, 0.6) is 0 Å². The number of carboxylic acids is 1. The van der Waals surface area contributed by atoms with E-state index in [1.54, 1.807) is 0 Å². The highest BCUT2D eigenvalue weighted by molar-refractivity contribution is 8.26. The molecule has 1 aromatic heterocycles. The van der Waals surface area contributed by atoms with E-state index in [1.807, 2.05) is 0 Å². The molecule has 3 heterocycles. The van der Waals surface area contributed by atoms with Gasteiger partial charge in [0.15, 0.2) is 0 Å². The predicted molar refractivity (Wildman–Crippen MR) is 135 cm³/mol. The minimum atomic E-state index is -4.99. The number of benzene rings is 1. The van der Waals surface area contributed by atoms with Crippen LogP contribution in [0, 0.1) is 5.92 Å². The third kappa shape index (κ3) is 7.22. The fraction of sp³-hybridized carbons (Fsp3) is 0.400. The van der Waals surface area contributed by atoms with Gasteiger partial charge in [-0.2, -0.15) is 26.3 Å². The first-order valence-corrected chi connectivity index (χ1v) is 13.0. The Labute approximate surface area is 228 Å². The number of thiocarbonyl (C=S) groups is 1. The van der Waals surface area contributed by atoms with E-state index in [0.29, 0.717) is 42.6 Å². The zero-order valence-electron chi connectivity index (χ0n) is 20.1. The number of furan rings is 1. The lowest BCUT2D eigenvalue weighted by Gasteiger charge is -2.33. The van der Waals surface area contributed by atoms with Crippen molar-refractivity contribution in [3.63, 3.8) is 0 Å². The summed E-state index contributed by atoms with van der Waals surface area (Å²) >= 11 is 6.39. The lowest BCUT2D eigenvalue weighted by molar-refractivity contribution is -0.143. The van der Waals surface area contributed by atoms with Crippen LogP contribution < -0.4 is 0 Å². The van der Waals surface area contributed by atoms with Gasteiger partial charge in [-0.15, -0.1) is 0 Å². The number of alkyl halides is 6. The summed E-state index contributed by atoms with van der Waals surface area (Å²) in [4.78, 5) is 27.5. The van der Waals surface area contributed by atoms with E-state index < -0.39 is 35.0 Å². The fourth-order valence-electron chi connectivity index (χ4n) is 4.37. The molecule has 0 aliphatic carbocycles. The maximum absolute atomic E-state index is 13.2. The Morgan fingerprint density at radius 1 is 1.08 bits per heavy atom. The Balaban J connectivity index is 1.46. The highest BCUT2D eigenvalue weighted by Gasteiger charge is 2.38. The summed E-state index contributed by atoms with van der Waals surface area (Å²) in [5, 5.41) is 8.83. The average molecular weight is 593 g/mol. The summed E-state index contributed by atoms with van der Waals surface area (Å²) in [6.07, 6.45) is -7.02. The SMILES string of the molecule is O=C(O)CCN1CCC(CN2C(=O)/C(=C/c3ccc(-c4cc(C(F)(F)F)cc(C(F)(F)F)c4)o3)SC2=S)CC1. The molecule has 210 valence electrons. The van der Waals surface area contributed by atoms with Gasteiger partial charge in [0.25, 0.3) is 5.91 Å². The highest BCUT2D eigenvalue weighted by atomic mass is 32.2. The van der Waals surface area contributed by atoms with Crippen LogP contribution in [0.4, 0.5) is 26.3 Å². The van der Waals surface area contributed by atoms with Gasteiger partial charge in [0.05, 0.1) is 22.5 Å². The molecule has 0 saturated carbocycles. The van der Waals surface area contributed by atoms with E-state index in [1.165, 1.54) is 23.1 Å². The second-order valence-electron chi connectivity index (χ2n) is 9.22. The molecule has 0 atom stereocenters. The Bertz CT molecular complexity index is 1260. The number of aliphatic carboxylic acids is 1. The normalized spacial score (nSPS) is 18.9. The van der Waals surface area contributed by atoms with Crippen molar-refractivity contribution >= 4 is 46.3 Å². The average Bonchev–Trinajstić information content (AvgIpc) is 3.42. The van der Waals surface area contributed by atoms with Crippen LogP contribution in [0.2, 0.25) is 0 Å². The molecular formula is C25H22F6N2O4S2. The largest absolute Gasteiger partial charge is 0.481 e. The number of carboxylic acid groups (broad SMARTS) is 1. The van der Waals surface area contributed by atoms with Gasteiger partial charge in [0.1, 0.15) is 15.8 Å². The standard InChI is InChI=1S/C25H22F6N2O4S2/c26-24(27,28)16-9-15(10-17(11-16)25(29,30)31)19-2-1-18(37-19)12-20-22(36)33(23(38)39-20)13-14-3-6-32(7-4-14)8-5-21(34)35/h1-2,9-12,14H,3-8,13H2,(H,34,35)/b20-12-. The third-order valence-corrected chi connectivity index (χ3v) is 7.81. The Morgan fingerprint density at radius 3 is 2.26 bits per heavy atom. The number of halogens is 6. The Kier molecular flexibility index (Phi) is 8.47. The minimum Gasteiger partial charge on any atom is -0.481 e. The molecule has 2 aliphatic heterocycles. The molecule has 6 nitrogen and oxygen atoms in total. The predicted octanol–water partition coefficient (Wildman–Crippen LogP) is 6.37. The number of thioether (sulfide) groups is 1. The van der Waals surface area contributed by atoms with Gasteiger partial charge in [-0.3, -0.25) is 14.5 Å². The van der Waals surface area contributed by atoms with Crippen LogP contribution in [0.25, 0.3) is 17.4 Å². The van der Waals surface area contributed by atoms with Crippen molar-refractivity contribution in [2.45, 2.75) is 31.6 Å². The van der Waals surface area contributed by atoms with Crippen LogP contribution in [0.3, 0.4) is 0 Å². The van der Waals surface area contributed by atoms with Crippen molar-refractivity contribution in [2.24, 2.45) is 5.92 Å². The van der Waals surface area contributed by atoms with Crippen molar-refractivity contribution in [3.8, 4) is 11.3 Å². The molecule has 0 spiro atoms. The quantitative estimate of drug-likeness (QED) is 0.228. The fourth-order valence-corrected chi connectivity index (χ4v) is 5.63. The lowest BCUT2D eigenvalue weighted by Crippen LogP contribution is -2.40. The topological polar surface area (TPSA) is 74.0 Å². The summed E-state index contributed by atoms with van der Waals surface area (Å²) in [7, 11) is 0. The summed E-state index contributed by atoms with van der Waals surface area (Å²) in [5.41, 5.74) is -3.32. The Morgan fingerprint density at radius 2 is 1.69 bits per heavy atom. The van der Waals surface area contributed by atoms with E-state index >= 15 is 0 Å². The maximum atomic E-state index is 13.2. The molecule has 0 unspecified atom stereocenters. The molecule has 4 rings (SSSR count). The molecular weight excluding hydrogens is 570 g/mol. The number of rotatable bonds is 7.